The molecule has 80 valence electrons. The SMILES string of the molecule is N#Cc1c(OC(F)(F)F)cc(F)nc1F. The number of hydrogen-bond acceptors (Lipinski definition) is 3. The van der Waals surface area contributed by atoms with Crippen LogP contribution in [0.4, 0.5) is 22.0 Å². The van der Waals surface area contributed by atoms with Crippen molar-refractivity contribution in [2.75, 3.05) is 0 Å². The van der Waals surface area contributed by atoms with E-state index in [9.17, 15) is 22.0 Å². The topological polar surface area (TPSA) is 45.9 Å². The second-order valence-electron chi connectivity index (χ2n) is 2.27. The van der Waals surface area contributed by atoms with Gasteiger partial charge in [-0.15, -0.1) is 13.2 Å². The van der Waals surface area contributed by atoms with E-state index < -0.39 is 29.6 Å². The number of hydrogen-bond donors (Lipinski definition) is 0. The summed E-state index contributed by atoms with van der Waals surface area (Å²) in [7, 11) is 0. The molecule has 0 aliphatic rings. The van der Waals surface area contributed by atoms with Crippen LogP contribution in [0.15, 0.2) is 6.07 Å². The maximum absolute atomic E-state index is 12.7. The minimum atomic E-state index is -5.13. The summed E-state index contributed by atoms with van der Waals surface area (Å²) in [4.78, 5) is 2.53. The molecule has 1 heterocycles. The molecule has 0 spiro atoms. The highest BCUT2D eigenvalue weighted by Gasteiger charge is 2.33. The number of nitrogens with zero attached hydrogens (tertiary/aromatic N) is 2. The molecule has 0 amide bonds. The monoisotopic (exact) mass is 224 g/mol. The van der Waals surface area contributed by atoms with Crippen molar-refractivity contribution in [3.8, 4) is 11.8 Å². The number of nitriles is 1. The van der Waals surface area contributed by atoms with Crippen LogP contribution in [0.25, 0.3) is 0 Å². The predicted molar refractivity (Wildman–Crippen MR) is 35.6 cm³/mol. The summed E-state index contributed by atoms with van der Waals surface area (Å²) < 4.78 is 63.5. The summed E-state index contributed by atoms with van der Waals surface area (Å²) in [5.74, 6) is -4.42. The quantitative estimate of drug-likeness (QED) is 0.542. The number of rotatable bonds is 1. The summed E-state index contributed by atoms with van der Waals surface area (Å²) in [6.07, 6.45) is -5.13. The molecule has 0 aromatic carbocycles. The van der Waals surface area contributed by atoms with E-state index >= 15 is 0 Å². The maximum Gasteiger partial charge on any atom is 0.573 e. The molecule has 1 aromatic rings. The van der Waals surface area contributed by atoms with Gasteiger partial charge in [0.1, 0.15) is 11.6 Å². The first kappa shape index (κ1) is 11.2. The van der Waals surface area contributed by atoms with E-state index in [1.54, 1.807) is 0 Å². The summed E-state index contributed by atoms with van der Waals surface area (Å²) in [6, 6.07) is 1.26. The Labute approximate surface area is 79.7 Å². The zero-order valence-corrected chi connectivity index (χ0v) is 6.77. The number of ether oxygens (including phenoxy) is 1. The van der Waals surface area contributed by atoms with Crippen molar-refractivity contribution in [3.63, 3.8) is 0 Å². The van der Waals surface area contributed by atoms with Crippen molar-refractivity contribution in [2.45, 2.75) is 6.36 Å². The van der Waals surface area contributed by atoms with E-state index in [1.165, 1.54) is 0 Å². The van der Waals surface area contributed by atoms with Crippen molar-refractivity contribution in [1.29, 1.82) is 5.26 Å². The van der Waals surface area contributed by atoms with Crippen molar-refractivity contribution in [1.82, 2.24) is 4.98 Å². The van der Waals surface area contributed by atoms with E-state index in [2.05, 4.69) is 9.72 Å². The molecular formula is C7HF5N2O. The molecule has 0 saturated heterocycles. The van der Waals surface area contributed by atoms with E-state index in [0.29, 0.717) is 0 Å². The Balaban J connectivity index is 3.23. The molecule has 0 fully saturated rings. The average molecular weight is 224 g/mol. The molecule has 0 bridgehead atoms. The van der Waals surface area contributed by atoms with Gasteiger partial charge in [-0.25, -0.2) is 0 Å². The third kappa shape index (κ3) is 2.77. The zero-order chi connectivity index (χ0) is 11.6. The largest absolute Gasteiger partial charge is 0.573 e. The molecule has 0 unspecified atom stereocenters. The van der Waals surface area contributed by atoms with Crippen LogP contribution in [0.5, 0.6) is 5.75 Å². The molecule has 1 aromatic heterocycles. The van der Waals surface area contributed by atoms with Crippen molar-refractivity contribution in [3.05, 3.63) is 23.5 Å². The van der Waals surface area contributed by atoms with E-state index in [0.717, 1.165) is 6.07 Å². The van der Waals surface area contributed by atoms with Gasteiger partial charge in [0.15, 0.2) is 5.75 Å². The normalized spacial score (nSPS) is 10.9. The van der Waals surface area contributed by atoms with E-state index in [4.69, 9.17) is 5.26 Å². The smallest absolute Gasteiger partial charge is 0.404 e. The Bertz CT molecular complexity index is 423. The van der Waals surface area contributed by atoms with Crippen LogP contribution in [0.3, 0.4) is 0 Å². The molecule has 0 saturated carbocycles. The van der Waals surface area contributed by atoms with Crippen molar-refractivity contribution in [2.24, 2.45) is 0 Å². The lowest BCUT2D eigenvalue weighted by molar-refractivity contribution is -0.274. The highest BCUT2D eigenvalue weighted by atomic mass is 19.4. The van der Waals surface area contributed by atoms with Crippen LogP contribution in [0.1, 0.15) is 5.56 Å². The van der Waals surface area contributed by atoms with Gasteiger partial charge >= 0.3 is 6.36 Å². The fourth-order valence-electron chi connectivity index (χ4n) is 0.770. The third-order valence-corrected chi connectivity index (χ3v) is 1.25. The average Bonchev–Trinajstić information content (AvgIpc) is 1.99. The molecule has 0 N–H and O–H groups in total. The van der Waals surface area contributed by atoms with Crippen LogP contribution in [-0.2, 0) is 0 Å². The Kier molecular flexibility index (Phi) is 2.74. The van der Waals surface area contributed by atoms with Gasteiger partial charge in [-0.3, -0.25) is 0 Å². The first-order valence-electron chi connectivity index (χ1n) is 3.35. The van der Waals surface area contributed by atoms with Gasteiger partial charge in [-0.1, -0.05) is 0 Å². The summed E-state index contributed by atoms with van der Waals surface area (Å²) >= 11 is 0. The molecule has 0 radical (unpaired) electrons. The number of pyridine rings is 1. The van der Waals surface area contributed by atoms with Gasteiger partial charge in [-0.2, -0.15) is 19.0 Å². The highest BCUT2D eigenvalue weighted by molar-refractivity contribution is 5.41. The molecule has 15 heavy (non-hydrogen) atoms. The number of halogens is 5. The molecule has 0 atom stereocenters. The molecular weight excluding hydrogens is 223 g/mol. The van der Waals surface area contributed by atoms with Crippen LogP contribution >= 0.6 is 0 Å². The lowest BCUT2D eigenvalue weighted by atomic mass is 10.3. The molecule has 0 aliphatic carbocycles. The Morgan fingerprint density at radius 2 is 1.93 bits per heavy atom. The van der Waals surface area contributed by atoms with E-state index in [-0.39, 0.29) is 6.07 Å². The fraction of sp³-hybridized carbons (Fsp3) is 0.143. The van der Waals surface area contributed by atoms with Crippen LogP contribution < -0.4 is 4.74 Å². The first-order chi connectivity index (χ1) is 6.83. The minimum absolute atomic E-state index is 0.176. The fourth-order valence-corrected chi connectivity index (χ4v) is 0.770. The molecule has 0 aliphatic heterocycles. The third-order valence-electron chi connectivity index (χ3n) is 1.25. The second-order valence-corrected chi connectivity index (χ2v) is 2.27. The van der Waals surface area contributed by atoms with Crippen LogP contribution in [0.2, 0.25) is 0 Å². The number of aromatic nitrogens is 1. The number of alkyl halides is 3. The first-order valence-corrected chi connectivity index (χ1v) is 3.35. The van der Waals surface area contributed by atoms with E-state index in [1.807, 2.05) is 0 Å². The zero-order valence-electron chi connectivity index (χ0n) is 6.77. The highest BCUT2D eigenvalue weighted by Crippen LogP contribution is 2.27. The van der Waals surface area contributed by atoms with Crippen molar-refractivity contribution >= 4 is 0 Å². The summed E-state index contributed by atoms with van der Waals surface area (Å²) in [5, 5.41) is 8.29. The summed E-state index contributed by atoms with van der Waals surface area (Å²) in [6.45, 7) is 0. The lowest BCUT2D eigenvalue weighted by Gasteiger charge is -2.09. The lowest BCUT2D eigenvalue weighted by Crippen LogP contribution is -2.18. The molecule has 1 rings (SSSR count). The maximum atomic E-state index is 12.7. The van der Waals surface area contributed by atoms with Gasteiger partial charge in [0.25, 0.3) is 0 Å². The predicted octanol–water partition coefficient (Wildman–Crippen LogP) is 2.13. The van der Waals surface area contributed by atoms with Gasteiger partial charge in [0.2, 0.25) is 11.9 Å². The second kappa shape index (κ2) is 3.68. The summed E-state index contributed by atoms with van der Waals surface area (Å²) in [5.41, 5.74) is -1.10. The van der Waals surface area contributed by atoms with Gasteiger partial charge in [-0.05, 0) is 0 Å². The van der Waals surface area contributed by atoms with Crippen molar-refractivity contribution < 1.29 is 26.7 Å². The van der Waals surface area contributed by atoms with Gasteiger partial charge < -0.3 is 4.74 Å². The minimum Gasteiger partial charge on any atom is -0.404 e. The Hall–Kier alpha value is -1.91. The Morgan fingerprint density at radius 1 is 1.33 bits per heavy atom. The standard InChI is InChI=1S/C7HF5N2O/c8-5-1-4(15-7(10,11)12)3(2-13)6(9)14-5/h1H. The van der Waals surface area contributed by atoms with Gasteiger partial charge in [0.05, 0.1) is 0 Å². The molecule has 3 nitrogen and oxygen atoms in total. The van der Waals surface area contributed by atoms with Crippen LogP contribution in [-0.4, -0.2) is 11.3 Å². The molecule has 8 heteroatoms. The van der Waals surface area contributed by atoms with Gasteiger partial charge in [0, 0.05) is 6.07 Å². The van der Waals surface area contributed by atoms with Crippen LogP contribution in [0, 0.1) is 23.2 Å². The Morgan fingerprint density at radius 3 is 2.40 bits per heavy atom.